The predicted octanol–water partition coefficient (Wildman–Crippen LogP) is 3.46. The zero-order chi connectivity index (χ0) is 18.6. The van der Waals surface area contributed by atoms with Gasteiger partial charge in [-0.05, 0) is 35.6 Å². The highest BCUT2D eigenvalue weighted by molar-refractivity contribution is 6.04. The number of carbonyl (C=O) groups excluding carboxylic acids is 1. The second-order valence-corrected chi connectivity index (χ2v) is 6.17. The Kier molecular flexibility index (Phi) is 4.57. The first-order valence-electron chi connectivity index (χ1n) is 8.47. The largest absolute Gasteiger partial charge is 0.325 e. The number of carbonyl (C=O) groups is 1. The van der Waals surface area contributed by atoms with Gasteiger partial charge >= 0.3 is 0 Å². The van der Waals surface area contributed by atoms with Crippen molar-refractivity contribution in [2.45, 2.75) is 12.3 Å². The summed E-state index contributed by atoms with van der Waals surface area (Å²) in [5, 5.41) is 18.8. The summed E-state index contributed by atoms with van der Waals surface area (Å²) < 4.78 is 13.2. The maximum absolute atomic E-state index is 13.2. The molecule has 1 atom stereocenters. The van der Waals surface area contributed by atoms with E-state index in [-0.39, 0.29) is 17.5 Å². The minimum atomic E-state index is -0.659. The zero-order valence-electron chi connectivity index (χ0n) is 14.3. The van der Waals surface area contributed by atoms with Gasteiger partial charge in [0.05, 0.1) is 0 Å². The number of fused-ring (bicyclic) bond motifs is 1. The van der Waals surface area contributed by atoms with Crippen LogP contribution in [-0.2, 0) is 11.2 Å². The van der Waals surface area contributed by atoms with Gasteiger partial charge in [0.25, 0.3) is 0 Å². The number of benzene rings is 3. The molecule has 7 heteroatoms. The molecule has 4 aromatic rings. The van der Waals surface area contributed by atoms with Crippen molar-refractivity contribution in [1.29, 1.82) is 0 Å². The molecule has 1 amide bonds. The molecule has 3 aromatic carbocycles. The standard InChI is InChI=1S/C20H16FN5O/c21-15-10-8-13(9-11-15)12-17(19-23-25-26-24-19)20(27)22-18-7-3-5-14-4-1-2-6-16(14)18/h1-11,17H,12H2,(H,22,27)(H,23,24,25,26). The molecule has 0 saturated heterocycles. The third-order valence-electron chi connectivity index (χ3n) is 4.39. The smallest absolute Gasteiger partial charge is 0.235 e. The van der Waals surface area contributed by atoms with E-state index >= 15 is 0 Å². The molecule has 0 fully saturated rings. The summed E-state index contributed by atoms with van der Waals surface area (Å²) in [6.45, 7) is 0. The lowest BCUT2D eigenvalue weighted by Crippen LogP contribution is -2.24. The fraction of sp³-hybridized carbons (Fsp3) is 0.100. The molecule has 0 aliphatic heterocycles. The predicted molar refractivity (Wildman–Crippen MR) is 99.6 cm³/mol. The van der Waals surface area contributed by atoms with Gasteiger partial charge in [-0.25, -0.2) is 4.39 Å². The highest BCUT2D eigenvalue weighted by Crippen LogP contribution is 2.25. The highest BCUT2D eigenvalue weighted by atomic mass is 19.1. The lowest BCUT2D eigenvalue weighted by molar-refractivity contribution is -0.117. The van der Waals surface area contributed by atoms with Crippen molar-refractivity contribution >= 4 is 22.4 Å². The number of aromatic nitrogens is 4. The van der Waals surface area contributed by atoms with Crippen LogP contribution >= 0.6 is 0 Å². The Hall–Kier alpha value is -3.61. The molecule has 0 aliphatic rings. The number of hydrogen-bond donors (Lipinski definition) is 2. The van der Waals surface area contributed by atoms with Gasteiger partial charge in [-0.2, -0.15) is 5.21 Å². The molecule has 1 aromatic heterocycles. The van der Waals surface area contributed by atoms with E-state index in [1.807, 2.05) is 42.5 Å². The van der Waals surface area contributed by atoms with Crippen LogP contribution in [0.1, 0.15) is 17.3 Å². The topological polar surface area (TPSA) is 83.6 Å². The van der Waals surface area contributed by atoms with Gasteiger partial charge < -0.3 is 5.32 Å². The van der Waals surface area contributed by atoms with Crippen LogP contribution in [0.25, 0.3) is 10.8 Å². The van der Waals surface area contributed by atoms with E-state index in [2.05, 4.69) is 25.9 Å². The Morgan fingerprint density at radius 1 is 1.04 bits per heavy atom. The van der Waals surface area contributed by atoms with Crippen molar-refractivity contribution in [3.63, 3.8) is 0 Å². The van der Waals surface area contributed by atoms with Crippen LogP contribution in [0.4, 0.5) is 10.1 Å². The number of nitrogens with zero attached hydrogens (tertiary/aromatic N) is 3. The third kappa shape index (κ3) is 3.67. The van der Waals surface area contributed by atoms with Crippen LogP contribution < -0.4 is 5.32 Å². The molecule has 0 saturated carbocycles. The normalized spacial score (nSPS) is 12.0. The average molecular weight is 361 g/mol. The average Bonchev–Trinajstić information content (AvgIpc) is 3.22. The maximum Gasteiger partial charge on any atom is 0.235 e. The quantitative estimate of drug-likeness (QED) is 0.570. The van der Waals surface area contributed by atoms with E-state index in [1.165, 1.54) is 12.1 Å². The summed E-state index contributed by atoms with van der Waals surface area (Å²) in [5.41, 5.74) is 1.52. The maximum atomic E-state index is 13.2. The lowest BCUT2D eigenvalue weighted by Gasteiger charge is -2.15. The number of nitrogens with one attached hydrogen (secondary N) is 2. The molecular formula is C20H16FN5O. The van der Waals surface area contributed by atoms with Gasteiger partial charge in [-0.1, -0.05) is 53.7 Å². The van der Waals surface area contributed by atoms with E-state index in [0.29, 0.717) is 12.1 Å². The Morgan fingerprint density at radius 2 is 1.81 bits per heavy atom. The molecule has 2 N–H and O–H groups in total. The molecule has 0 bridgehead atoms. The summed E-state index contributed by atoms with van der Waals surface area (Å²) >= 11 is 0. The number of rotatable bonds is 5. The monoisotopic (exact) mass is 361 g/mol. The molecule has 134 valence electrons. The van der Waals surface area contributed by atoms with Gasteiger partial charge in [-0.3, -0.25) is 4.79 Å². The molecule has 0 radical (unpaired) electrons. The number of hydrogen-bond acceptors (Lipinski definition) is 4. The minimum absolute atomic E-state index is 0.253. The first-order chi connectivity index (χ1) is 13.2. The molecule has 6 nitrogen and oxygen atoms in total. The molecular weight excluding hydrogens is 345 g/mol. The van der Waals surface area contributed by atoms with Gasteiger partial charge in [0, 0.05) is 11.1 Å². The number of halogens is 1. The van der Waals surface area contributed by atoms with Crippen molar-refractivity contribution in [2.24, 2.45) is 0 Å². The SMILES string of the molecule is O=C(Nc1cccc2ccccc12)C(Cc1ccc(F)cc1)c1nn[nH]n1. The Bertz CT molecular complexity index is 1060. The van der Waals surface area contributed by atoms with E-state index in [4.69, 9.17) is 0 Å². The second kappa shape index (κ2) is 7.33. The Morgan fingerprint density at radius 3 is 2.59 bits per heavy atom. The fourth-order valence-corrected chi connectivity index (χ4v) is 3.03. The van der Waals surface area contributed by atoms with Crippen molar-refractivity contribution in [3.05, 3.63) is 83.9 Å². The fourth-order valence-electron chi connectivity index (χ4n) is 3.03. The van der Waals surface area contributed by atoms with E-state index in [0.717, 1.165) is 16.3 Å². The summed E-state index contributed by atoms with van der Waals surface area (Å²) in [6.07, 6.45) is 0.330. The van der Waals surface area contributed by atoms with Crippen molar-refractivity contribution < 1.29 is 9.18 Å². The van der Waals surface area contributed by atoms with Gasteiger partial charge in [0.2, 0.25) is 5.91 Å². The van der Waals surface area contributed by atoms with E-state index < -0.39 is 5.92 Å². The zero-order valence-corrected chi connectivity index (χ0v) is 14.3. The second-order valence-electron chi connectivity index (χ2n) is 6.17. The Balaban J connectivity index is 1.63. The first-order valence-corrected chi connectivity index (χ1v) is 8.47. The molecule has 0 spiro atoms. The molecule has 4 rings (SSSR count). The van der Waals surface area contributed by atoms with Crippen molar-refractivity contribution in [3.8, 4) is 0 Å². The Labute approximate surface area is 154 Å². The minimum Gasteiger partial charge on any atom is -0.325 e. The van der Waals surface area contributed by atoms with E-state index in [9.17, 15) is 9.18 Å². The molecule has 27 heavy (non-hydrogen) atoms. The van der Waals surface area contributed by atoms with Crippen LogP contribution in [0, 0.1) is 5.82 Å². The summed E-state index contributed by atoms with van der Waals surface area (Å²) in [4.78, 5) is 13.0. The summed E-state index contributed by atoms with van der Waals surface area (Å²) in [6, 6.07) is 19.6. The summed E-state index contributed by atoms with van der Waals surface area (Å²) in [5.74, 6) is -0.947. The van der Waals surface area contributed by atoms with Gasteiger partial charge in [-0.15, -0.1) is 10.2 Å². The van der Waals surface area contributed by atoms with Crippen LogP contribution in [0.3, 0.4) is 0 Å². The number of H-pyrrole nitrogens is 1. The van der Waals surface area contributed by atoms with Gasteiger partial charge in [0.15, 0.2) is 5.82 Å². The number of amides is 1. The van der Waals surface area contributed by atoms with Crippen LogP contribution in [0.2, 0.25) is 0 Å². The number of aromatic amines is 1. The first kappa shape index (κ1) is 16.8. The lowest BCUT2D eigenvalue weighted by atomic mass is 9.97. The van der Waals surface area contributed by atoms with Crippen LogP contribution in [-0.4, -0.2) is 26.5 Å². The molecule has 1 unspecified atom stereocenters. The van der Waals surface area contributed by atoms with Crippen molar-refractivity contribution in [2.75, 3.05) is 5.32 Å². The van der Waals surface area contributed by atoms with Crippen LogP contribution in [0.5, 0.6) is 0 Å². The highest BCUT2D eigenvalue weighted by Gasteiger charge is 2.26. The van der Waals surface area contributed by atoms with E-state index in [1.54, 1.807) is 12.1 Å². The molecule has 1 heterocycles. The van der Waals surface area contributed by atoms with Gasteiger partial charge in [0.1, 0.15) is 11.7 Å². The number of anilines is 1. The van der Waals surface area contributed by atoms with Crippen molar-refractivity contribution in [1.82, 2.24) is 20.6 Å². The molecule has 0 aliphatic carbocycles. The third-order valence-corrected chi connectivity index (χ3v) is 4.39. The summed E-state index contributed by atoms with van der Waals surface area (Å²) in [7, 11) is 0. The van der Waals surface area contributed by atoms with Crippen LogP contribution in [0.15, 0.2) is 66.7 Å². The number of tetrazole rings is 1.